The maximum absolute atomic E-state index is 12.6. The second-order valence-electron chi connectivity index (χ2n) is 6.01. The zero-order chi connectivity index (χ0) is 15.3. The van der Waals surface area contributed by atoms with Gasteiger partial charge in [0.2, 0.25) is 0 Å². The summed E-state index contributed by atoms with van der Waals surface area (Å²) in [5.74, 6) is 0.835. The van der Waals surface area contributed by atoms with Crippen LogP contribution in [-0.4, -0.2) is 28.5 Å². The molecule has 2 aromatic heterocycles. The summed E-state index contributed by atoms with van der Waals surface area (Å²) in [5.41, 5.74) is 1.10. The van der Waals surface area contributed by atoms with Gasteiger partial charge in [-0.15, -0.1) is 0 Å². The molecule has 1 amide bonds. The van der Waals surface area contributed by atoms with Crippen molar-refractivity contribution in [3.8, 4) is 0 Å². The second kappa shape index (κ2) is 5.12. The highest BCUT2D eigenvalue weighted by Crippen LogP contribution is 2.35. The SMILES string of the molecule is O=C(c1ccc(Br)o1)N1C[C@H]2C[C@H](C1)c1cccc(=O)n1C2. The van der Waals surface area contributed by atoms with Crippen molar-refractivity contribution < 1.29 is 9.21 Å². The minimum Gasteiger partial charge on any atom is -0.444 e. The second-order valence-corrected chi connectivity index (χ2v) is 6.79. The molecule has 0 unspecified atom stereocenters. The molecule has 2 aromatic rings. The predicted octanol–water partition coefficient (Wildman–Crippen LogP) is 2.46. The third kappa shape index (κ3) is 2.22. The molecule has 2 atom stereocenters. The van der Waals surface area contributed by atoms with Crippen LogP contribution in [0.4, 0.5) is 0 Å². The van der Waals surface area contributed by atoms with Gasteiger partial charge in [0.25, 0.3) is 11.5 Å². The average molecular weight is 363 g/mol. The highest BCUT2D eigenvalue weighted by Gasteiger charge is 2.37. The summed E-state index contributed by atoms with van der Waals surface area (Å²) in [6, 6.07) is 8.83. The number of likely N-dealkylation sites (tertiary alicyclic amines) is 1. The van der Waals surface area contributed by atoms with Gasteiger partial charge in [-0.1, -0.05) is 6.07 Å². The van der Waals surface area contributed by atoms with Crippen LogP contribution in [0.25, 0.3) is 0 Å². The molecule has 1 saturated heterocycles. The van der Waals surface area contributed by atoms with E-state index in [1.54, 1.807) is 24.3 Å². The van der Waals surface area contributed by atoms with E-state index in [1.165, 1.54) is 0 Å². The first-order valence-corrected chi connectivity index (χ1v) is 8.15. The summed E-state index contributed by atoms with van der Waals surface area (Å²) < 4.78 is 7.80. The van der Waals surface area contributed by atoms with Crippen molar-refractivity contribution in [2.45, 2.75) is 18.9 Å². The van der Waals surface area contributed by atoms with Gasteiger partial charge in [-0.3, -0.25) is 9.59 Å². The minimum absolute atomic E-state index is 0.0574. The zero-order valence-electron chi connectivity index (χ0n) is 11.9. The lowest BCUT2D eigenvalue weighted by molar-refractivity contribution is 0.0562. The van der Waals surface area contributed by atoms with Gasteiger partial charge in [-0.2, -0.15) is 0 Å². The Morgan fingerprint density at radius 2 is 2.05 bits per heavy atom. The fourth-order valence-corrected chi connectivity index (χ4v) is 3.95. The molecule has 114 valence electrons. The van der Waals surface area contributed by atoms with Gasteiger partial charge in [-0.05, 0) is 46.5 Å². The van der Waals surface area contributed by atoms with Crippen molar-refractivity contribution >= 4 is 21.8 Å². The number of halogens is 1. The summed E-state index contributed by atoms with van der Waals surface area (Å²) in [6.45, 7) is 2.00. The third-order valence-corrected chi connectivity index (χ3v) is 4.98. The number of piperidine rings is 1. The Balaban J connectivity index is 1.64. The van der Waals surface area contributed by atoms with E-state index in [0.29, 0.717) is 36.0 Å². The molecule has 5 nitrogen and oxygen atoms in total. The summed E-state index contributed by atoms with van der Waals surface area (Å²) >= 11 is 3.23. The van der Waals surface area contributed by atoms with E-state index in [2.05, 4.69) is 15.9 Å². The van der Waals surface area contributed by atoms with Crippen molar-refractivity contribution in [2.24, 2.45) is 5.92 Å². The molecule has 0 aliphatic carbocycles. The highest BCUT2D eigenvalue weighted by atomic mass is 79.9. The van der Waals surface area contributed by atoms with E-state index in [-0.39, 0.29) is 17.4 Å². The number of pyridine rings is 1. The van der Waals surface area contributed by atoms with E-state index in [1.807, 2.05) is 15.5 Å². The Labute approximate surface area is 135 Å². The Morgan fingerprint density at radius 1 is 1.18 bits per heavy atom. The summed E-state index contributed by atoms with van der Waals surface area (Å²) in [6.07, 6.45) is 1.04. The first-order chi connectivity index (χ1) is 10.6. The Kier molecular flexibility index (Phi) is 3.22. The van der Waals surface area contributed by atoms with Gasteiger partial charge >= 0.3 is 0 Å². The Bertz CT molecular complexity index is 795. The molecule has 0 saturated carbocycles. The van der Waals surface area contributed by atoms with Crippen molar-refractivity contribution in [1.82, 2.24) is 9.47 Å². The largest absolute Gasteiger partial charge is 0.444 e. The molecular formula is C16H15BrN2O3. The smallest absolute Gasteiger partial charge is 0.289 e. The normalized spacial score (nSPS) is 23.2. The molecule has 0 radical (unpaired) electrons. The van der Waals surface area contributed by atoms with Crippen LogP contribution in [0.15, 0.2) is 44.2 Å². The number of rotatable bonds is 1. The molecule has 22 heavy (non-hydrogen) atoms. The van der Waals surface area contributed by atoms with Crippen LogP contribution in [0.3, 0.4) is 0 Å². The van der Waals surface area contributed by atoms with E-state index in [9.17, 15) is 9.59 Å². The number of amides is 1. The molecule has 4 heterocycles. The molecule has 0 aromatic carbocycles. The van der Waals surface area contributed by atoms with Crippen LogP contribution in [0.1, 0.15) is 28.6 Å². The molecule has 2 aliphatic heterocycles. The highest BCUT2D eigenvalue weighted by molar-refractivity contribution is 9.10. The van der Waals surface area contributed by atoms with E-state index >= 15 is 0 Å². The lowest BCUT2D eigenvalue weighted by Gasteiger charge is -2.42. The number of carbonyl (C=O) groups excluding carboxylic acids is 1. The maximum Gasteiger partial charge on any atom is 0.289 e. The van der Waals surface area contributed by atoms with Crippen LogP contribution < -0.4 is 5.56 Å². The number of fused-ring (bicyclic) bond motifs is 4. The summed E-state index contributed by atoms with van der Waals surface area (Å²) in [7, 11) is 0. The van der Waals surface area contributed by atoms with Gasteiger partial charge in [0.05, 0.1) is 0 Å². The molecular weight excluding hydrogens is 348 g/mol. The van der Waals surface area contributed by atoms with Crippen molar-refractivity contribution in [2.75, 3.05) is 13.1 Å². The number of aromatic nitrogens is 1. The van der Waals surface area contributed by atoms with Crippen LogP contribution in [-0.2, 0) is 6.54 Å². The molecule has 4 rings (SSSR count). The molecule has 6 heteroatoms. The van der Waals surface area contributed by atoms with Gasteiger partial charge in [0, 0.05) is 37.3 Å². The molecule has 2 bridgehead atoms. The van der Waals surface area contributed by atoms with Gasteiger partial charge < -0.3 is 13.9 Å². The Hall–Kier alpha value is -1.82. The maximum atomic E-state index is 12.6. The number of nitrogens with zero attached hydrogens (tertiary/aromatic N) is 2. The van der Waals surface area contributed by atoms with Crippen LogP contribution in [0, 0.1) is 5.92 Å². The number of hydrogen-bond acceptors (Lipinski definition) is 3. The molecule has 2 aliphatic rings. The van der Waals surface area contributed by atoms with E-state index in [0.717, 1.165) is 12.1 Å². The van der Waals surface area contributed by atoms with Crippen LogP contribution in [0.2, 0.25) is 0 Å². The van der Waals surface area contributed by atoms with Crippen molar-refractivity contribution in [3.63, 3.8) is 0 Å². The molecule has 1 fully saturated rings. The quantitative estimate of drug-likeness (QED) is 0.782. The van der Waals surface area contributed by atoms with Gasteiger partial charge in [0.15, 0.2) is 10.4 Å². The van der Waals surface area contributed by atoms with Gasteiger partial charge in [0.1, 0.15) is 0 Å². The zero-order valence-corrected chi connectivity index (χ0v) is 13.5. The van der Waals surface area contributed by atoms with Crippen LogP contribution >= 0.6 is 15.9 Å². The number of carbonyl (C=O) groups is 1. The van der Waals surface area contributed by atoms with E-state index in [4.69, 9.17) is 4.42 Å². The predicted molar refractivity (Wildman–Crippen MR) is 83.9 cm³/mol. The first kappa shape index (κ1) is 13.8. The van der Waals surface area contributed by atoms with Crippen LogP contribution in [0.5, 0.6) is 0 Å². The fourth-order valence-electron chi connectivity index (χ4n) is 3.65. The topological polar surface area (TPSA) is 55.5 Å². The number of hydrogen-bond donors (Lipinski definition) is 0. The third-order valence-electron chi connectivity index (χ3n) is 4.55. The van der Waals surface area contributed by atoms with Crippen molar-refractivity contribution in [1.29, 1.82) is 0 Å². The van der Waals surface area contributed by atoms with Gasteiger partial charge in [-0.25, -0.2) is 0 Å². The lowest BCUT2D eigenvalue weighted by atomic mass is 9.83. The Morgan fingerprint density at radius 3 is 2.82 bits per heavy atom. The molecule has 0 N–H and O–H groups in total. The number of furan rings is 1. The summed E-state index contributed by atoms with van der Waals surface area (Å²) in [5, 5.41) is 0. The standard InChI is InChI=1S/C16H15BrN2O3/c17-14-5-4-13(22-14)16(21)18-7-10-6-11(9-18)12-2-1-3-15(20)19(12)8-10/h1-5,10-11H,6-9H2/t10-,11-/m1/s1. The lowest BCUT2D eigenvalue weighted by Crippen LogP contribution is -2.49. The minimum atomic E-state index is -0.0767. The summed E-state index contributed by atoms with van der Waals surface area (Å²) in [4.78, 5) is 26.4. The molecule has 0 spiro atoms. The average Bonchev–Trinajstić information content (AvgIpc) is 2.94. The fraction of sp³-hybridized carbons (Fsp3) is 0.375. The first-order valence-electron chi connectivity index (χ1n) is 7.36. The monoisotopic (exact) mass is 362 g/mol. The van der Waals surface area contributed by atoms with E-state index < -0.39 is 0 Å². The van der Waals surface area contributed by atoms with Crippen molar-refractivity contribution in [3.05, 3.63) is 56.8 Å².